The molecule has 1 aromatic carbocycles. The maximum atomic E-state index is 12.3. The van der Waals surface area contributed by atoms with Crippen LogP contribution in [0.4, 0.5) is 5.69 Å². The average Bonchev–Trinajstić information content (AvgIpc) is 2.70. The number of morpholine rings is 1. The van der Waals surface area contributed by atoms with Crippen molar-refractivity contribution in [3.05, 3.63) is 47.8 Å². The number of ether oxygens (including phenoxy) is 2. The predicted octanol–water partition coefficient (Wildman–Crippen LogP) is 1.40. The van der Waals surface area contributed by atoms with Crippen LogP contribution in [0.15, 0.2) is 41.6 Å². The number of phenolic OH excluding ortho intramolecular Hbond substituents is 1. The molecule has 3 rings (SSSR count). The number of aromatic nitrogens is 1. The van der Waals surface area contributed by atoms with E-state index in [1.807, 2.05) is 6.07 Å². The van der Waals surface area contributed by atoms with Crippen LogP contribution in [0.25, 0.3) is 0 Å². The minimum absolute atomic E-state index is 0.0382. The highest BCUT2D eigenvalue weighted by Crippen LogP contribution is 2.21. The number of nitrogens with zero attached hydrogens (tertiary/aromatic N) is 3. The predicted molar refractivity (Wildman–Crippen MR) is 97.0 cm³/mol. The summed E-state index contributed by atoms with van der Waals surface area (Å²) in [5, 5.41) is 13.7. The van der Waals surface area contributed by atoms with Gasteiger partial charge in [0.25, 0.3) is 5.91 Å². The van der Waals surface area contributed by atoms with Gasteiger partial charge in [-0.15, -0.1) is 0 Å². The van der Waals surface area contributed by atoms with Crippen molar-refractivity contribution >= 4 is 17.8 Å². The Labute approximate surface area is 151 Å². The molecule has 0 saturated carbocycles. The topological polar surface area (TPSA) is 96.3 Å². The van der Waals surface area contributed by atoms with Crippen molar-refractivity contribution in [1.82, 2.24) is 10.4 Å². The molecule has 8 nitrogen and oxygen atoms in total. The lowest BCUT2D eigenvalue weighted by Gasteiger charge is -2.28. The van der Waals surface area contributed by atoms with Crippen molar-refractivity contribution in [2.45, 2.75) is 0 Å². The van der Waals surface area contributed by atoms with Gasteiger partial charge in [-0.2, -0.15) is 5.10 Å². The molecule has 1 amide bonds. The van der Waals surface area contributed by atoms with Crippen LogP contribution in [0.5, 0.6) is 11.5 Å². The first-order valence-electron chi connectivity index (χ1n) is 8.16. The van der Waals surface area contributed by atoms with E-state index >= 15 is 0 Å². The van der Waals surface area contributed by atoms with Gasteiger partial charge in [0.15, 0.2) is 0 Å². The Morgan fingerprint density at radius 3 is 2.92 bits per heavy atom. The molecule has 1 aliphatic heterocycles. The normalized spacial score (nSPS) is 14.4. The van der Waals surface area contributed by atoms with E-state index in [0.717, 1.165) is 18.8 Å². The van der Waals surface area contributed by atoms with E-state index in [-0.39, 0.29) is 11.4 Å². The van der Waals surface area contributed by atoms with Crippen molar-refractivity contribution in [3.63, 3.8) is 0 Å². The number of hydrogen-bond acceptors (Lipinski definition) is 7. The Bertz CT molecular complexity index is 804. The average molecular weight is 356 g/mol. The number of aromatic hydroxyl groups is 1. The number of amides is 1. The molecular formula is C18H20N4O4. The molecule has 0 atom stereocenters. The van der Waals surface area contributed by atoms with Gasteiger partial charge in [-0.3, -0.25) is 9.78 Å². The molecule has 1 aliphatic rings. The molecule has 2 N–H and O–H groups in total. The summed E-state index contributed by atoms with van der Waals surface area (Å²) in [4.78, 5) is 18.5. The fourth-order valence-electron chi connectivity index (χ4n) is 2.54. The molecule has 26 heavy (non-hydrogen) atoms. The number of benzene rings is 1. The van der Waals surface area contributed by atoms with Crippen molar-refractivity contribution in [1.29, 1.82) is 0 Å². The molecule has 0 radical (unpaired) electrons. The summed E-state index contributed by atoms with van der Waals surface area (Å²) in [6, 6.07) is 8.32. The number of methoxy groups -OCH3 is 1. The summed E-state index contributed by atoms with van der Waals surface area (Å²) in [6.07, 6.45) is 2.94. The van der Waals surface area contributed by atoms with E-state index in [2.05, 4.69) is 20.4 Å². The summed E-state index contributed by atoms with van der Waals surface area (Å²) >= 11 is 0. The van der Waals surface area contributed by atoms with Gasteiger partial charge in [-0.1, -0.05) is 0 Å². The number of hydrazone groups is 1. The summed E-state index contributed by atoms with van der Waals surface area (Å²) in [5.41, 5.74) is 4.03. The number of pyridine rings is 1. The first-order valence-corrected chi connectivity index (χ1v) is 8.16. The third kappa shape index (κ3) is 4.28. The van der Waals surface area contributed by atoms with Gasteiger partial charge in [0.2, 0.25) is 0 Å². The third-order valence-corrected chi connectivity index (χ3v) is 3.96. The summed E-state index contributed by atoms with van der Waals surface area (Å²) < 4.78 is 10.4. The van der Waals surface area contributed by atoms with Crippen LogP contribution in [-0.2, 0) is 4.74 Å². The van der Waals surface area contributed by atoms with E-state index in [1.54, 1.807) is 24.4 Å². The molecule has 136 valence electrons. The quantitative estimate of drug-likeness (QED) is 0.621. The summed E-state index contributed by atoms with van der Waals surface area (Å²) in [6.45, 7) is 2.88. The fraction of sp³-hybridized carbons (Fsp3) is 0.278. The van der Waals surface area contributed by atoms with E-state index in [4.69, 9.17) is 9.47 Å². The molecule has 0 spiro atoms. The first-order chi connectivity index (χ1) is 12.7. The monoisotopic (exact) mass is 356 g/mol. The minimum atomic E-state index is -0.432. The first kappa shape index (κ1) is 17.7. The number of carbonyl (C=O) groups excluding carboxylic acids is 1. The number of hydrogen-bond donors (Lipinski definition) is 2. The molecule has 2 heterocycles. The Balaban J connectivity index is 1.66. The molecule has 1 saturated heterocycles. The van der Waals surface area contributed by atoms with Crippen LogP contribution in [0, 0.1) is 0 Å². The van der Waals surface area contributed by atoms with Crippen molar-refractivity contribution in [2.24, 2.45) is 5.10 Å². The number of phenols is 1. The van der Waals surface area contributed by atoms with E-state index in [9.17, 15) is 9.90 Å². The van der Waals surface area contributed by atoms with Crippen LogP contribution in [0.1, 0.15) is 16.1 Å². The summed E-state index contributed by atoms with van der Waals surface area (Å²) in [7, 11) is 1.53. The molecule has 2 aromatic rings. The second-order valence-electron chi connectivity index (χ2n) is 5.62. The van der Waals surface area contributed by atoms with Gasteiger partial charge < -0.3 is 19.5 Å². The molecule has 1 aromatic heterocycles. The fourth-order valence-corrected chi connectivity index (χ4v) is 2.54. The maximum absolute atomic E-state index is 12.3. The van der Waals surface area contributed by atoms with E-state index in [0.29, 0.717) is 24.5 Å². The lowest BCUT2D eigenvalue weighted by atomic mass is 10.2. The van der Waals surface area contributed by atoms with E-state index < -0.39 is 5.91 Å². The lowest BCUT2D eigenvalue weighted by Crippen LogP contribution is -2.36. The molecular weight excluding hydrogens is 336 g/mol. The highest BCUT2D eigenvalue weighted by atomic mass is 16.5. The zero-order valence-electron chi connectivity index (χ0n) is 14.4. The van der Waals surface area contributed by atoms with Gasteiger partial charge >= 0.3 is 0 Å². The number of nitrogens with one attached hydrogen (secondary N) is 1. The van der Waals surface area contributed by atoms with Crippen LogP contribution < -0.4 is 15.1 Å². The Morgan fingerprint density at radius 2 is 2.15 bits per heavy atom. The van der Waals surface area contributed by atoms with Gasteiger partial charge in [0.05, 0.1) is 26.5 Å². The second-order valence-corrected chi connectivity index (χ2v) is 5.62. The Hall–Kier alpha value is -3.13. The van der Waals surface area contributed by atoms with Crippen LogP contribution >= 0.6 is 0 Å². The number of rotatable bonds is 5. The SMILES string of the molecule is COc1ccc(O)c(/C=N/NC(=O)c2cc(N3CCOCC3)ccn2)c1. The number of anilines is 1. The molecule has 1 fully saturated rings. The number of carbonyl (C=O) groups is 1. The lowest BCUT2D eigenvalue weighted by molar-refractivity contribution is 0.0950. The standard InChI is InChI=1S/C18H20N4O4/c1-25-15-2-3-17(23)13(10-15)12-20-21-18(24)16-11-14(4-5-19-16)22-6-8-26-9-7-22/h2-5,10-12,23H,6-9H2,1H3,(H,21,24)/b20-12+. The third-order valence-electron chi connectivity index (χ3n) is 3.96. The highest BCUT2D eigenvalue weighted by molar-refractivity contribution is 5.94. The minimum Gasteiger partial charge on any atom is -0.507 e. The van der Waals surface area contributed by atoms with Gasteiger partial charge in [-0.05, 0) is 30.3 Å². The van der Waals surface area contributed by atoms with E-state index in [1.165, 1.54) is 19.4 Å². The second kappa shape index (κ2) is 8.30. The van der Waals surface area contributed by atoms with Gasteiger partial charge in [-0.25, -0.2) is 5.43 Å². The molecule has 0 aliphatic carbocycles. The Kier molecular flexibility index (Phi) is 5.65. The van der Waals surface area contributed by atoms with Crippen LogP contribution in [0.3, 0.4) is 0 Å². The Morgan fingerprint density at radius 1 is 1.35 bits per heavy atom. The zero-order valence-corrected chi connectivity index (χ0v) is 14.4. The largest absolute Gasteiger partial charge is 0.507 e. The van der Waals surface area contributed by atoms with Crippen LogP contribution in [0.2, 0.25) is 0 Å². The van der Waals surface area contributed by atoms with Gasteiger partial charge in [0.1, 0.15) is 17.2 Å². The molecule has 0 bridgehead atoms. The van der Waals surface area contributed by atoms with Crippen molar-refractivity contribution in [2.75, 3.05) is 38.3 Å². The van der Waals surface area contributed by atoms with Crippen molar-refractivity contribution in [3.8, 4) is 11.5 Å². The summed E-state index contributed by atoms with van der Waals surface area (Å²) in [5.74, 6) is 0.186. The smallest absolute Gasteiger partial charge is 0.290 e. The maximum Gasteiger partial charge on any atom is 0.290 e. The van der Waals surface area contributed by atoms with Crippen LogP contribution in [-0.4, -0.2) is 55.6 Å². The van der Waals surface area contributed by atoms with Crippen molar-refractivity contribution < 1.29 is 19.4 Å². The van der Waals surface area contributed by atoms with Gasteiger partial charge in [0, 0.05) is 30.5 Å². The molecule has 8 heteroatoms. The highest BCUT2D eigenvalue weighted by Gasteiger charge is 2.14. The zero-order chi connectivity index (χ0) is 18.4. The molecule has 0 unspecified atom stereocenters.